The summed E-state index contributed by atoms with van der Waals surface area (Å²) < 4.78 is 0. The van der Waals surface area contributed by atoms with Gasteiger partial charge in [0.1, 0.15) is 0 Å². The Balaban J connectivity index is 1.39. The molecule has 2 unspecified atom stereocenters. The molecule has 0 spiro atoms. The Kier molecular flexibility index (Phi) is 5.14. The summed E-state index contributed by atoms with van der Waals surface area (Å²) in [5.74, 6) is 1.76. The normalized spacial score (nSPS) is 37.8. The minimum Gasteiger partial charge on any atom is -0.339 e. The molecule has 0 aromatic rings. The van der Waals surface area contributed by atoms with Gasteiger partial charge in [0.25, 0.3) is 0 Å². The summed E-state index contributed by atoms with van der Waals surface area (Å²) in [5.41, 5.74) is 6.25. The second-order valence-electron chi connectivity index (χ2n) is 7.21. The van der Waals surface area contributed by atoms with Crippen molar-refractivity contribution < 1.29 is 4.79 Å². The van der Waals surface area contributed by atoms with Crippen molar-refractivity contribution in [1.82, 2.24) is 21.1 Å². The molecule has 1 saturated carbocycles. The zero-order valence-electron chi connectivity index (χ0n) is 13.2. The predicted molar refractivity (Wildman–Crippen MR) is 83.4 cm³/mol. The molecule has 1 aliphatic carbocycles. The van der Waals surface area contributed by atoms with E-state index in [-0.39, 0.29) is 18.0 Å². The molecule has 3 fully saturated rings. The van der Waals surface area contributed by atoms with Gasteiger partial charge in [-0.2, -0.15) is 0 Å². The topological polar surface area (TPSA) is 56.4 Å². The Morgan fingerprint density at radius 3 is 2.52 bits per heavy atom. The van der Waals surface area contributed by atoms with Crippen LogP contribution in [0.4, 0.5) is 0 Å². The van der Waals surface area contributed by atoms with Crippen molar-refractivity contribution in [3.05, 3.63) is 0 Å². The first-order chi connectivity index (χ1) is 10.2. The van der Waals surface area contributed by atoms with Gasteiger partial charge in [0.05, 0.1) is 6.17 Å². The predicted octanol–water partition coefficient (Wildman–Crippen LogP) is 1.07. The van der Waals surface area contributed by atoms with Crippen LogP contribution in [0, 0.1) is 17.8 Å². The highest BCUT2D eigenvalue weighted by molar-refractivity contribution is 5.79. The molecule has 1 amide bonds. The lowest BCUT2D eigenvalue weighted by Gasteiger charge is -2.31. The van der Waals surface area contributed by atoms with E-state index in [0.29, 0.717) is 5.92 Å². The zero-order valence-corrected chi connectivity index (χ0v) is 13.2. The molecule has 5 heteroatoms. The molecule has 3 N–H and O–H groups in total. The molecule has 2 atom stereocenters. The number of likely N-dealkylation sites (tertiary alicyclic amines) is 1. The number of hydrazine groups is 1. The van der Waals surface area contributed by atoms with Crippen molar-refractivity contribution in [3.8, 4) is 0 Å². The maximum atomic E-state index is 12.4. The van der Waals surface area contributed by atoms with Gasteiger partial charge in [0.15, 0.2) is 0 Å². The van der Waals surface area contributed by atoms with Crippen molar-refractivity contribution in [2.45, 2.75) is 51.6 Å². The maximum absolute atomic E-state index is 12.4. The van der Waals surface area contributed by atoms with Crippen molar-refractivity contribution in [3.63, 3.8) is 0 Å². The van der Waals surface area contributed by atoms with E-state index in [2.05, 4.69) is 28.0 Å². The van der Waals surface area contributed by atoms with Gasteiger partial charge in [-0.05, 0) is 57.5 Å². The molecule has 5 nitrogen and oxygen atoms in total. The van der Waals surface area contributed by atoms with Gasteiger partial charge >= 0.3 is 0 Å². The van der Waals surface area contributed by atoms with Crippen LogP contribution in [0.1, 0.15) is 45.4 Å². The molecule has 0 bridgehead atoms. The summed E-state index contributed by atoms with van der Waals surface area (Å²) in [6.07, 6.45) is 7.43. The zero-order chi connectivity index (χ0) is 14.7. The Morgan fingerprint density at radius 1 is 1.19 bits per heavy atom. The van der Waals surface area contributed by atoms with E-state index in [1.165, 1.54) is 45.3 Å². The molecule has 0 aromatic carbocycles. The quantitative estimate of drug-likeness (QED) is 0.726. The van der Waals surface area contributed by atoms with Crippen LogP contribution >= 0.6 is 0 Å². The number of rotatable bonds is 4. The summed E-state index contributed by atoms with van der Waals surface area (Å²) in [5, 5.41) is 3.16. The SMILES string of the molecule is CC1CNNC1NC(=O)C1CCC(CN2CCCC2)CC1. The standard InChI is InChI=1S/C16H30N4O/c1-12-10-17-19-15(12)18-16(21)14-6-4-13(5-7-14)11-20-8-2-3-9-20/h12-15,17,19H,2-11H2,1H3,(H,18,21). The Hall–Kier alpha value is -0.650. The lowest BCUT2D eigenvalue weighted by molar-refractivity contribution is -0.127. The molecule has 0 aromatic heterocycles. The Labute approximate surface area is 128 Å². The second-order valence-corrected chi connectivity index (χ2v) is 7.21. The molecular weight excluding hydrogens is 264 g/mol. The Morgan fingerprint density at radius 2 is 1.90 bits per heavy atom. The molecule has 120 valence electrons. The van der Waals surface area contributed by atoms with Gasteiger partial charge in [-0.1, -0.05) is 6.92 Å². The van der Waals surface area contributed by atoms with Crippen LogP contribution in [-0.4, -0.2) is 43.2 Å². The van der Waals surface area contributed by atoms with Gasteiger partial charge in [0.2, 0.25) is 5.91 Å². The highest BCUT2D eigenvalue weighted by Crippen LogP contribution is 2.30. The largest absolute Gasteiger partial charge is 0.339 e. The van der Waals surface area contributed by atoms with Crippen LogP contribution in [0.15, 0.2) is 0 Å². The van der Waals surface area contributed by atoms with Crippen molar-refractivity contribution in [2.75, 3.05) is 26.2 Å². The lowest BCUT2D eigenvalue weighted by atomic mass is 9.81. The van der Waals surface area contributed by atoms with Crippen LogP contribution < -0.4 is 16.2 Å². The molecular formula is C16H30N4O. The van der Waals surface area contributed by atoms with Crippen LogP contribution in [0.3, 0.4) is 0 Å². The molecule has 2 heterocycles. The van der Waals surface area contributed by atoms with Gasteiger partial charge in [-0.3, -0.25) is 10.2 Å². The highest BCUT2D eigenvalue weighted by atomic mass is 16.2. The fourth-order valence-corrected chi connectivity index (χ4v) is 3.98. The van der Waals surface area contributed by atoms with Crippen molar-refractivity contribution in [2.24, 2.45) is 17.8 Å². The number of amides is 1. The summed E-state index contributed by atoms with van der Waals surface area (Å²) in [6.45, 7) is 6.93. The second kappa shape index (κ2) is 7.07. The summed E-state index contributed by atoms with van der Waals surface area (Å²) in [4.78, 5) is 15.0. The van der Waals surface area contributed by atoms with E-state index >= 15 is 0 Å². The number of hydrogen-bond donors (Lipinski definition) is 3. The highest BCUT2D eigenvalue weighted by Gasteiger charge is 2.31. The van der Waals surface area contributed by atoms with Crippen LogP contribution in [-0.2, 0) is 4.79 Å². The van der Waals surface area contributed by atoms with E-state index in [0.717, 1.165) is 25.3 Å². The Bertz CT molecular complexity index is 348. The van der Waals surface area contributed by atoms with Crippen molar-refractivity contribution in [1.29, 1.82) is 0 Å². The average Bonchev–Trinajstić information content (AvgIpc) is 3.12. The maximum Gasteiger partial charge on any atom is 0.224 e. The molecule has 3 aliphatic rings. The van der Waals surface area contributed by atoms with Crippen molar-refractivity contribution >= 4 is 5.91 Å². The number of nitrogens with one attached hydrogen (secondary N) is 3. The number of hydrogen-bond acceptors (Lipinski definition) is 4. The number of nitrogens with zero attached hydrogens (tertiary/aromatic N) is 1. The minimum atomic E-state index is 0.0971. The van der Waals surface area contributed by atoms with E-state index in [4.69, 9.17) is 0 Å². The van der Waals surface area contributed by atoms with E-state index in [1.54, 1.807) is 0 Å². The average molecular weight is 294 g/mol. The van der Waals surface area contributed by atoms with Gasteiger partial charge in [0, 0.05) is 24.9 Å². The fraction of sp³-hybridized carbons (Fsp3) is 0.938. The third kappa shape index (κ3) is 3.96. The van der Waals surface area contributed by atoms with Gasteiger partial charge in [-0.15, -0.1) is 0 Å². The van der Waals surface area contributed by atoms with E-state index in [1.807, 2.05) is 0 Å². The minimum absolute atomic E-state index is 0.0971. The molecule has 3 rings (SSSR count). The van der Waals surface area contributed by atoms with Gasteiger partial charge in [-0.25, -0.2) is 5.43 Å². The van der Waals surface area contributed by atoms with Gasteiger partial charge < -0.3 is 10.2 Å². The molecule has 0 radical (unpaired) electrons. The lowest BCUT2D eigenvalue weighted by Crippen LogP contribution is -2.49. The number of carbonyl (C=O) groups is 1. The first-order valence-electron chi connectivity index (χ1n) is 8.73. The number of carbonyl (C=O) groups excluding carboxylic acids is 1. The summed E-state index contributed by atoms with van der Waals surface area (Å²) >= 11 is 0. The molecule has 21 heavy (non-hydrogen) atoms. The first-order valence-corrected chi connectivity index (χ1v) is 8.73. The van der Waals surface area contributed by atoms with E-state index in [9.17, 15) is 4.79 Å². The smallest absolute Gasteiger partial charge is 0.224 e. The molecule has 2 saturated heterocycles. The van der Waals surface area contributed by atoms with E-state index < -0.39 is 0 Å². The monoisotopic (exact) mass is 294 g/mol. The fourth-order valence-electron chi connectivity index (χ4n) is 3.98. The van der Waals surface area contributed by atoms with Crippen LogP contribution in [0.2, 0.25) is 0 Å². The third-order valence-electron chi connectivity index (χ3n) is 5.48. The molecule has 2 aliphatic heterocycles. The first kappa shape index (κ1) is 15.3. The summed E-state index contributed by atoms with van der Waals surface area (Å²) in [6, 6.07) is 0. The summed E-state index contributed by atoms with van der Waals surface area (Å²) in [7, 11) is 0. The third-order valence-corrected chi connectivity index (χ3v) is 5.48. The van der Waals surface area contributed by atoms with Crippen LogP contribution in [0.25, 0.3) is 0 Å². The van der Waals surface area contributed by atoms with Crippen LogP contribution in [0.5, 0.6) is 0 Å².